The summed E-state index contributed by atoms with van der Waals surface area (Å²) < 4.78 is 0. The number of halogens is 2. The van der Waals surface area contributed by atoms with Crippen molar-refractivity contribution in [1.29, 1.82) is 0 Å². The Bertz CT molecular complexity index is 760. The minimum atomic E-state index is -0.381. The predicted octanol–water partition coefficient (Wildman–Crippen LogP) is 3.37. The Morgan fingerprint density at radius 2 is 2.09 bits per heavy atom. The predicted molar refractivity (Wildman–Crippen MR) is 92.2 cm³/mol. The van der Waals surface area contributed by atoms with E-state index in [1.165, 1.54) is 16.5 Å². The number of benzene rings is 1. The van der Waals surface area contributed by atoms with Gasteiger partial charge in [0.15, 0.2) is 0 Å². The molecule has 2 aromatic rings. The molecule has 1 aromatic heterocycles. The number of hydrogen-bond acceptors (Lipinski definition) is 3. The molecule has 1 aliphatic heterocycles. The first-order chi connectivity index (χ1) is 11.0. The Kier molecular flexibility index (Phi) is 4.90. The van der Waals surface area contributed by atoms with Crippen LogP contribution < -0.4 is 5.32 Å². The third-order valence-electron chi connectivity index (χ3n) is 3.74. The number of hydrogen-bond donors (Lipinski definition) is 1. The van der Waals surface area contributed by atoms with E-state index in [1.54, 1.807) is 28.4 Å². The van der Waals surface area contributed by atoms with E-state index in [2.05, 4.69) is 5.32 Å². The minimum Gasteiger partial charge on any atom is -0.343 e. The SMILES string of the molecule is O=C(NCC(=O)N1CCc2sccc2C1)c1ccc(Cl)cc1Cl. The normalized spacial score (nSPS) is 13.6. The second-order valence-electron chi connectivity index (χ2n) is 5.24. The second-order valence-corrected chi connectivity index (χ2v) is 7.09. The van der Waals surface area contributed by atoms with Crippen molar-refractivity contribution in [3.8, 4) is 0 Å². The molecule has 2 amide bonds. The molecule has 1 aromatic carbocycles. The van der Waals surface area contributed by atoms with E-state index in [1.807, 2.05) is 11.4 Å². The third kappa shape index (κ3) is 3.68. The quantitative estimate of drug-likeness (QED) is 0.902. The topological polar surface area (TPSA) is 49.4 Å². The van der Waals surface area contributed by atoms with E-state index >= 15 is 0 Å². The summed E-state index contributed by atoms with van der Waals surface area (Å²) in [6, 6.07) is 6.68. The van der Waals surface area contributed by atoms with Crippen LogP contribution in [-0.4, -0.2) is 29.8 Å². The van der Waals surface area contributed by atoms with E-state index in [0.29, 0.717) is 23.7 Å². The van der Waals surface area contributed by atoms with Gasteiger partial charge in [0.1, 0.15) is 0 Å². The molecule has 7 heteroatoms. The zero-order valence-corrected chi connectivity index (χ0v) is 14.5. The van der Waals surface area contributed by atoms with Crippen LogP contribution in [0, 0.1) is 0 Å². The van der Waals surface area contributed by atoms with Gasteiger partial charge in [-0.15, -0.1) is 11.3 Å². The highest BCUT2D eigenvalue weighted by Gasteiger charge is 2.22. The van der Waals surface area contributed by atoms with Crippen molar-refractivity contribution in [2.45, 2.75) is 13.0 Å². The first kappa shape index (κ1) is 16.3. The lowest BCUT2D eigenvalue weighted by atomic mass is 10.1. The largest absolute Gasteiger partial charge is 0.343 e. The van der Waals surface area contributed by atoms with Gasteiger partial charge in [0, 0.05) is 23.0 Å². The van der Waals surface area contributed by atoms with Crippen LogP contribution in [0.25, 0.3) is 0 Å². The van der Waals surface area contributed by atoms with E-state index < -0.39 is 0 Å². The molecule has 4 nitrogen and oxygen atoms in total. The van der Waals surface area contributed by atoms with Gasteiger partial charge in [-0.05, 0) is 41.6 Å². The summed E-state index contributed by atoms with van der Waals surface area (Å²) in [5.41, 5.74) is 1.50. The van der Waals surface area contributed by atoms with Gasteiger partial charge in [-0.2, -0.15) is 0 Å². The number of carbonyl (C=O) groups excluding carboxylic acids is 2. The van der Waals surface area contributed by atoms with Gasteiger partial charge in [-0.3, -0.25) is 9.59 Å². The van der Waals surface area contributed by atoms with E-state index in [0.717, 1.165) is 6.42 Å². The molecule has 0 bridgehead atoms. The highest BCUT2D eigenvalue weighted by atomic mass is 35.5. The second kappa shape index (κ2) is 6.91. The van der Waals surface area contributed by atoms with Gasteiger partial charge >= 0.3 is 0 Å². The Morgan fingerprint density at radius 1 is 1.26 bits per heavy atom. The summed E-state index contributed by atoms with van der Waals surface area (Å²) in [5, 5.41) is 5.39. The van der Waals surface area contributed by atoms with Gasteiger partial charge in [0.25, 0.3) is 5.91 Å². The Morgan fingerprint density at radius 3 is 2.87 bits per heavy atom. The number of amides is 2. The van der Waals surface area contributed by atoms with Crippen LogP contribution in [0.15, 0.2) is 29.6 Å². The molecule has 23 heavy (non-hydrogen) atoms. The first-order valence-corrected chi connectivity index (χ1v) is 8.74. The van der Waals surface area contributed by atoms with E-state index in [9.17, 15) is 9.59 Å². The van der Waals surface area contributed by atoms with Crippen LogP contribution in [0.5, 0.6) is 0 Å². The Labute approximate surface area is 148 Å². The molecular formula is C16H14Cl2N2O2S. The molecule has 0 atom stereocenters. The molecule has 3 rings (SSSR count). The zero-order valence-electron chi connectivity index (χ0n) is 12.1. The van der Waals surface area contributed by atoms with Crippen LogP contribution in [0.4, 0.5) is 0 Å². The maximum atomic E-state index is 12.3. The average Bonchev–Trinajstić information content (AvgIpc) is 2.99. The lowest BCUT2D eigenvalue weighted by Gasteiger charge is -2.27. The smallest absolute Gasteiger partial charge is 0.253 e. The molecular weight excluding hydrogens is 355 g/mol. The molecule has 1 aliphatic rings. The summed E-state index contributed by atoms with van der Waals surface area (Å²) in [7, 11) is 0. The molecule has 0 saturated carbocycles. The highest BCUT2D eigenvalue weighted by molar-refractivity contribution is 7.10. The number of rotatable bonds is 3. The monoisotopic (exact) mass is 368 g/mol. The van der Waals surface area contributed by atoms with E-state index in [-0.39, 0.29) is 23.4 Å². The standard InChI is InChI=1S/C16H14Cl2N2O2S/c17-11-1-2-12(13(18)7-11)16(22)19-8-15(21)20-5-3-14-10(9-20)4-6-23-14/h1-2,4,6-7H,3,5,8-9H2,(H,19,22). The average molecular weight is 369 g/mol. The zero-order chi connectivity index (χ0) is 16.4. The molecule has 0 fully saturated rings. The van der Waals surface area contributed by atoms with Gasteiger partial charge in [0.05, 0.1) is 17.1 Å². The van der Waals surface area contributed by atoms with Crippen molar-refractivity contribution in [2.75, 3.05) is 13.1 Å². The molecule has 0 saturated heterocycles. The van der Waals surface area contributed by atoms with Gasteiger partial charge in [-0.25, -0.2) is 0 Å². The number of fused-ring (bicyclic) bond motifs is 1. The lowest BCUT2D eigenvalue weighted by molar-refractivity contribution is -0.131. The number of nitrogens with zero attached hydrogens (tertiary/aromatic N) is 1. The maximum Gasteiger partial charge on any atom is 0.253 e. The summed E-state index contributed by atoms with van der Waals surface area (Å²) >= 11 is 13.5. The van der Waals surface area contributed by atoms with Gasteiger partial charge in [0.2, 0.25) is 5.91 Å². The summed E-state index contributed by atoms with van der Waals surface area (Å²) in [5.74, 6) is -0.478. The fourth-order valence-electron chi connectivity index (χ4n) is 2.50. The van der Waals surface area contributed by atoms with Crippen molar-refractivity contribution in [1.82, 2.24) is 10.2 Å². The maximum absolute atomic E-state index is 12.3. The summed E-state index contributed by atoms with van der Waals surface area (Å²) in [6.45, 7) is 1.25. The summed E-state index contributed by atoms with van der Waals surface area (Å²) in [4.78, 5) is 27.5. The number of thiophene rings is 1. The first-order valence-electron chi connectivity index (χ1n) is 7.11. The van der Waals surface area contributed by atoms with Crippen LogP contribution in [-0.2, 0) is 17.8 Å². The van der Waals surface area contributed by atoms with Crippen molar-refractivity contribution < 1.29 is 9.59 Å². The number of nitrogens with one attached hydrogen (secondary N) is 1. The van der Waals surface area contributed by atoms with Crippen LogP contribution >= 0.6 is 34.5 Å². The van der Waals surface area contributed by atoms with Crippen LogP contribution in [0.3, 0.4) is 0 Å². The van der Waals surface area contributed by atoms with Crippen LogP contribution in [0.2, 0.25) is 10.0 Å². The van der Waals surface area contributed by atoms with Crippen molar-refractivity contribution >= 4 is 46.4 Å². The number of carbonyl (C=O) groups is 2. The molecule has 1 N–H and O–H groups in total. The van der Waals surface area contributed by atoms with Crippen LogP contribution in [0.1, 0.15) is 20.8 Å². The highest BCUT2D eigenvalue weighted by Crippen LogP contribution is 2.24. The Balaban J connectivity index is 1.58. The third-order valence-corrected chi connectivity index (χ3v) is 5.31. The van der Waals surface area contributed by atoms with Crippen molar-refractivity contribution in [3.63, 3.8) is 0 Å². The molecule has 0 spiro atoms. The Hall–Kier alpha value is -1.56. The van der Waals surface area contributed by atoms with Gasteiger partial charge < -0.3 is 10.2 Å². The molecule has 120 valence electrons. The fraction of sp³-hybridized carbons (Fsp3) is 0.250. The van der Waals surface area contributed by atoms with E-state index in [4.69, 9.17) is 23.2 Å². The van der Waals surface area contributed by atoms with Gasteiger partial charge in [-0.1, -0.05) is 23.2 Å². The molecule has 0 unspecified atom stereocenters. The lowest BCUT2D eigenvalue weighted by Crippen LogP contribution is -2.42. The van der Waals surface area contributed by atoms with Crippen molar-refractivity contribution in [3.05, 3.63) is 55.7 Å². The fourth-order valence-corrected chi connectivity index (χ4v) is 3.88. The molecule has 0 aliphatic carbocycles. The summed E-state index contributed by atoms with van der Waals surface area (Å²) in [6.07, 6.45) is 0.871. The van der Waals surface area contributed by atoms with Crippen molar-refractivity contribution in [2.24, 2.45) is 0 Å². The minimum absolute atomic E-state index is 0.0444. The molecule has 0 radical (unpaired) electrons. The molecule has 2 heterocycles.